The monoisotopic (exact) mass is 136 g/mol. The first-order valence-corrected chi connectivity index (χ1v) is 2.74. The summed E-state index contributed by atoms with van der Waals surface area (Å²) in [6.07, 6.45) is 0. The van der Waals surface area contributed by atoms with E-state index in [0.29, 0.717) is 11.2 Å². The van der Waals surface area contributed by atoms with Crippen LogP contribution in [0.2, 0.25) is 0 Å². The third kappa shape index (κ3) is 0.554. The van der Waals surface area contributed by atoms with E-state index in [1.807, 2.05) is 0 Å². The molecule has 0 aliphatic rings. The molecule has 10 heavy (non-hydrogen) atoms. The number of nitrogens with one attached hydrogen (secondary N) is 1. The normalized spacial score (nSPS) is 10.5. The Morgan fingerprint density at radius 2 is 2.10 bits per heavy atom. The van der Waals surface area contributed by atoms with Crippen LogP contribution in [0.1, 0.15) is 5.69 Å². The minimum absolute atomic E-state index is 0.507. The van der Waals surface area contributed by atoms with E-state index in [4.69, 9.17) is 0 Å². The van der Waals surface area contributed by atoms with Crippen molar-refractivity contribution in [2.24, 2.45) is 0 Å². The molecule has 0 unspecified atom stereocenters. The fourth-order valence-electron chi connectivity index (χ4n) is 0.717. The van der Waals surface area contributed by atoms with Crippen LogP contribution < -0.4 is 0 Å². The molecule has 0 bridgehead atoms. The number of hydrogen-bond donors (Lipinski definition) is 1. The van der Waals surface area contributed by atoms with E-state index in [0.717, 1.165) is 5.69 Å². The Morgan fingerprint density at radius 1 is 1.20 bits per heavy atom. The van der Waals surface area contributed by atoms with Gasteiger partial charge in [0.1, 0.15) is 0 Å². The van der Waals surface area contributed by atoms with Crippen LogP contribution in [0.4, 0.5) is 0 Å². The van der Waals surface area contributed by atoms with Crippen LogP contribution in [0, 0.1) is 6.92 Å². The summed E-state index contributed by atoms with van der Waals surface area (Å²) in [5.74, 6) is 0. The number of aryl methyl sites for hydroxylation is 1. The van der Waals surface area contributed by atoms with E-state index in [9.17, 15) is 0 Å². The molecule has 0 saturated carbocycles. The molecule has 0 fully saturated rings. The molecule has 0 spiro atoms. The molecular formula is C4H4N6. The molecule has 2 rings (SSSR count). The molecule has 50 valence electrons. The van der Waals surface area contributed by atoms with Gasteiger partial charge < -0.3 is 0 Å². The SMILES string of the molecule is Cc1nnnc2n[nH]nc12. The standard InChI is InChI=1S/C4H4N6/c1-2-3-4(7-9-5-2)8-10-6-3/h1H3,(H,5,6,7,8,10). The first-order chi connectivity index (χ1) is 4.88. The number of hydrogen-bond acceptors (Lipinski definition) is 5. The maximum Gasteiger partial charge on any atom is 0.226 e. The quantitative estimate of drug-likeness (QED) is 0.525. The van der Waals surface area contributed by atoms with Gasteiger partial charge in [-0.1, -0.05) is 0 Å². The number of aromatic amines is 1. The average Bonchev–Trinajstić information content (AvgIpc) is 2.36. The summed E-state index contributed by atoms with van der Waals surface area (Å²) in [5, 5.41) is 20.8. The molecular weight excluding hydrogens is 132 g/mol. The van der Waals surface area contributed by atoms with Crippen molar-refractivity contribution in [3.8, 4) is 0 Å². The van der Waals surface area contributed by atoms with E-state index in [2.05, 4.69) is 30.8 Å². The molecule has 0 saturated heterocycles. The lowest BCUT2D eigenvalue weighted by Gasteiger charge is -1.84. The maximum atomic E-state index is 3.82. The highest BCUT2D eigenvalue weighted by molar-refractivity contribution is 5.69. The van der Waals surface area contributed by atoms with E-state index in [1.165, 1.54) is 0 Å². The highest BCUT2D eigenvalue weighted by Crippen LogP contribution is 2.03. The van der Waals surface area contributed by atoms with Crippen molar-refractivity contribution in [1.82, 2.24) is 30.8 Å². The van der Waals surface area contributed by atoms with Crippen LogP contribution in [0.3, 0.4) is 0 Å². The fourth-order valence-corrected chi connectivity index (χ4v) is 0.717. The summed E-state index contributed by atoms with van der Waals surface area (Å²) < 4.78 is 0. The summed E-state index contributed by atoms with van der Waals surface area (Å²) in [4.78, 5) is 0. The van der Waals surface area contributed by atoms with E-state index in [-0.39, 0.29) is 0 Å². The molecule has 6 heteroatoms. The second-order valence-corrected chi connectivity index (χ2v) is 1.87. The largest absolute Gasteiger partial charge is 0.226 e. The lowest BCUT2D eigenvalue weighted by atomic mass is 10.4. The average molecular weight is 136 g/mol. The second-order valence-electron chi connectivity index (χ2n) is 1.87. The zero-order valence-electron chi connectivity index (χ0n) is 5.24. The molecule has 1 N–H and O–H groups in total. The third-order valence-electron chi connectivity index (χ3n) is 1.21. The minimum atomic E-state index is 0.507. The summed E-state index contributed by atoms with van der Waals surface area (Å²) >= 11 is 0. The fraction of sp³-hybridized carbons (Fsp3) is 0.250. The van der Waals surface area contributed by atoms with Crippen LogP contribution in [0.25, 0.3) is 11.2 Å². The Bertz CT molecular complexity index is 351. The highest BCUT2D eigenvalue weighted by Gasteiger charge is 2.02. The zero-order valence-corrected chi connectivity index (χ0v) is 5.24. The summed E-state index contributed by atoms with van der Waals surface area (Å²) in [6.45, 7) is 1.81. The van der Waals surface area contributed by atoms with Gasteiger partial charge in [-0.2, -0.15) is 10.3 Å². The van der Waals surface area contributed by atoms with Crippen LogP contribution in [-0.2, 0) is 0 Å². The van der Waals surface area contributed by atoms with E-state index < -0.39 is 0 Å². The van der Waals surface area contributed by atoms with Crippen LogP contribution in [0.5, 0.6) is 0 Å². The number of rotatable bonds is 0. The second kappa shape index (κ2) is 1.69. The Labute approximate surface area is 55.7 Å². The van der Waals surface area contributed by atoms with Crippen LogP contribution in [-0.4, -0.2) is 30.8 Å². The van der Waals surface area contributed by atoms with Gasteiger partial charge in [0.2, 0.25) is 5.65 Å². The van der Waals surface area contributed by atoms with Gasteiger partial charge in [0.05, 0.1) is 5.69 Å². The van der Waals surface area contributed by atoms with Gasteiger partial charge in [0.25, 0.3) is 0 Å². The molecule has 0 atom stereocenters. The first kappa shape index (κ1) is 5.21. The van der Waals surface area contributed by atoms with Gasteiger partial charge in [-0.05, 0) is 12.1 Å². The van der Waals surface area contributed by atoms with Crippen molar-refractivity contribution in [3.05, 3.63) is 5.69 Å². The Morgan fingerprint density at radius 3 is 2.90 bits per heavy atom. The number of nitrogens with zero attached hydrogens (tertiary/aromatic N) is 5. The first-order valence-electron chi connectivity index (χ1n) is 2.74. The van der Waals surface area contributed by atoms with Gasteiger partial charge in [-0.15, -0.1) is 15.3 Å². The van der Waals surface area contributed by atoms with Gasteiger partial charge in [-0.3, -0.25) is 0 Å². The summed E-state index contributed by atoms with van der Waals surface area (Å²) in [5.41, 5.74) is 1.92. The molecule has 2 aromatic heterocycles. The predicted octanol–water partition coefficient (Wildman–Crippen LogP) is -0.549. The molecule has 0 radical (unpaired) electrons. The number of fused-ring (bicyclic) bond motifs is 1. The maximum absolute atomic E-state index is 3.82. The number of H-pyrrole nitrogens is 1. The highest BCUT2D eigenvalue weighted by atomic mass is 15.4. The topological polar surface area (TPSA) is 80.2 Å². The third-order valence-corrected chi connectivity index (χ3v) is 1.21. The van der Waals surface area contributed by atoms with E-state index >= 15 is 0 Å². The van der Waals surface area contributed by atoms with Crippen LogP contribution >= 0.6 is 0 Å². The van der Waals surface area contributed by atoms with Crippen molar-refractivity contribution in [1.29, 1.82) is 0 Å². The van der Waals surface area contributed by atoms with Gasteiger partial charge in [-0.25, -0.2) is 0 Å². The van der Waals surface area contributed by atoms with Crippen LogP contribution in [0.15, 0.2) is 0 Å². The van der Waals surface area contributed by atoms with Crippen molar-refractivity contribution in [2.75, 3.05) is 0 Å². The van der Waals surface area contributed by atoms with Crippen molar-refractivity contribution >= 4 is 11.2 Å². The molecule has 0 amide bonds. The van der Waals surface area contributed by atoms with Gasteiger partial charge in [0.15, 0.2) is 5.52 Å². The minimum Gasteiger partial charge on any atom is -0.195 e. The summed E-state index contributed by atoms with van der Waals surface area (Å²) in [7, 11) is 0. The van der Waals surface area contributed by atoms with Crippen molar-refractivity contribution in [3.63, 3.8) is 0 Å². The molecule has 0 aliphatic heterocycles. The zero-order chi connectivity index (χ0) is 6.97. The molecule has 0 aliphatic carbocycles. The van der Waals surface area contributed by atoms with E-state index in [1.54, 1.807) is 6.92 Å². The lowest BCUT2D eigenvalue weighted by molar-refractivity contribution is 0.861. The number of aromatic nitrogens is 6. The van der Waals surface area contributed by atoms with Crippen molar-refractivity contribution in [2.45, 2.75) is 6.92 Å². The summed E-state index contributed by atoms with van der Waals surface area (Å²) in [6, 6.07) is 0. The van der Waals surface area contributed by atoms with Crippen molar-refractivity contribution < 1.29 is 0 Å². The molecule has 2 heterocycles. The molecule has 6 nitrogen and oxygen atoms in total. The Hall–Kier alpha value is -1.59. The molecule has 0 aromatic carbocycles. The van der Waals surface area contributed by atoms with Gasteiger partial charge in [0, 0.05) is 0 Å². The lowest BCUT2D eigenvalue weighted by Crippen LogP contribution is -1.91. The van der Waals surface area contributed by atoms with Gasteiger partial charge >= 0.3 is 0 Å². The molecule has 2 aromatic rings. The Kier molecular flexibility index (Phi) is 0.883. The Balaban J connectivity index is 2.95. The predicted molar refractivity (Wildman–Crippen MR) is 32.0 cm³/mol. The smallest absolute Gasteiger partial charge is 0.195 e.